The van der Waals surface area contributed by atoms with Crippen LogP contribution in [0.15, 0.2) is 29.3 Å². The third kappa shape index (κ3) is 3.97. The quantitative estimate of drug-likeness (QED) is 0.670. The second-order valence-electron chi connectivity index (χ2n) is 6.95. The number of aliphatic hydroxyl groups is 1. The molecule has 2 rings (SSSR count). The molecule has 1 heterocycles. The van der Waals surface area contributed by atoms with Crippen molar-refractivity contribution in [1.82, 2.24) is 0 Å². The van der Waals surface area contributed by atoms with Crippen LogP contribution in [0.2, 0.25) is 0 Å². The van der Waals surface area contributed by atoms with E-state index in [4.69, 9.17) is 10.5 Å². The predicted molar refractivity (Wildman–Crippen MR) is 96.2 cm³/mol. The Bertz CT molecular complexity index is 650. The first-order valence-corrected chi connectivity index (χ1v) is 8.30. The van der Waals surface area contributed by atoms with Crippen LogP contribution < -0.4 is 11.1 Å². The fourth-order valence-corrected chi connectivity index (χ4v) is 3.09. The summed E-state index contributed by atoms with van der Waals surface area (Å²) in [5.74, 6) is -0.437. The normalized spacial score (nSPS) is 18.5. The molecule has 24 heavy (non-hydrogen) atoms. The summed E-state index contributed by atoms with van der Waals surface area (Å²) < 4.78 is 5.29. The fraction of sp³-hybridized carbons (Fsp3) is 0.526. The number of nitrogens with one attached hydrogen (secondary N) is 1. The molecule has 1 aromatic carbocycles. The van der Waals surface area contributed by atoms with Crippen molar-refractivity contribution in [2.75, 3.05) is 19.0 Å². The van der Waals surface area contributed by atoms with E-state index in [9.17, 15) is 9.90 Å². The van der Waals surface area contributed by atoms with Crippen LogP contribution in [0.25, 0.3) is 0 Å². The van der Waals surface area contributed by atoms with Crippen molar-refractivity contribution >= 4 is 11.6 Å². The second kappa shape index (κ2) is 7.36. The van der Waals surface area contributed by atoms with Gasteiger partial charge in [0.25, 0.3) is 0 Å². The minimum atomic E-state index is -0.975. The lowest BCUT2D eigenvalue weighted by molar-refractivity contribution is -0.0489. The van der Waals surface area contributed by atoms with Crippen LogP contribution in [0.5, 0.6) is 0 Å². The molecule has 2 atom stereocenters. The number of amides is 1. The van der Waals surface area contributed by atoms with E-state index in [-0.39, 0.29) is 12.6 Å². The number of anilines is 1. The number of rotatable bonds is 7. The van der Waals surface area contributed by atoms with Gasteiger partial charge in [0.1, 0.15) is 5.60 Å². The number of benzene rings is 1. The summed E-state index contributed by atoms with van der Waals surface area (Å²) in [5, 5.41) is 14.6. The van der Waals surface area contributed by atoms with Gasteiger partial charge in [0.15, 0.2) is 0 Å². The first-order valence-electron chi connectivity index (χ1n) is 8.30. The molecule has 0 fully saturated rings. The molecule has 1 amide bonds. The molecule has 0 aliphatic carbocycles. The molecule has 1 aliphatic heterocycles. The van der Waals surface area contributed by atoms with Crippen LogP contribution in [-0.2, 0) is 11.2 Å². The lowest BCUT2D eigenvalue weighted by Gasteiger charge is -2.34. The lowest BCUT2D eigenvalue weighted by Crippen LogP contribution is -2.49. The molecule has 5 nitrogen and oxygen atoms in total. The standard InChI is InChI=1S/C19H28N2O3/c1-12(2)13(3)7-8-19(23,11-24-4)17-10-15-9-14(18(20)22)5-6-16(15)21-17/h5-6,9,17,21,23H,7-8,10-11H2,1-4H3,(H2,20,22)/t17-,19+/m1/s1. The molecule has 0 saturated carbocycles. The number of ether oxygens (including phenoxy) is 1. The maximum atomic E-state index is 11.4. The first-order chi connectivity index (χ1) is 11.3. The summed E-state index contributed by atoms with van der Waals surface area (Å²) in [5.41, 5.74) is 9.39. The molecule has 132 valence electrons. The molecule has 0 radical (unpaired) electrons. The van der Waals surface area contributed by atoms with E-state index in [0.717, 1.165) is 17.7 Å². The molecular formula is C19H28N2O3. The Morgan fingerprint density at radius 2 is 2.12 bits per heavy atom. The van der Waals surface area contributed by atoms with Gasteiger partial charge in [-0.05, 0) is 63.8 Å². The number of hydrogen-bond donors (Lipinski definition) is 3. The van der Waals surface area contributed by atoms with Gasteiger partial charge in [-0.2, -0.15) is 0 Å². The summed E-state index contributed by atoms with van der Waals surface area (Å²) >= 11 is 0. The molecule has 5 heteroatoms. The Labute approximate surface area is 143 Å². The van der Waals surface area contributed by atoms with Crippen LogP contribution in [0, 0.1) is 0 Å². The highest BCUT2D eigenvalue weighted by atomic mass is 16.5. The molecular weight excluding hydrogens is 304 g/mol. The van der Waals surface area contributed by atoms with E-state index in [1.54, 1.807) is 19.2 Å². The number of hydrogen-bond acceptors (Lipinski definition) is 4. The topological polar surface area (TPSA) is 84.6 Å². The van der Waals surface area contributed by atoms with Gasteiger partial charge in [0.05, 0.1) is 12.6 Å². The Balaban J connectivity index is 2.17. The minimum Gasteiger partial charge on any atom is -0.385 e. The van der Waals surface area contributed by atoms with E-state index in [1.807, 2.05) is 6.07 Å². The summed E-state index contributed by atoms with van der Waals surface area (Å²) in [6.45, 7) is 6.52. The van der Waals surface area contributed by atoms with Gasteiger partial charge >= 0.3 is 0 Å². The minimum absolute atomic E-state index is 0.152. The molecule has 0 saturated heterocycles. The first kappa shape index (κ1) is 18.5. The average Bonchev–Trinajstić information content (AvgIpc) is 2.96. The van der Waals surface area contributed by atoms with Gasteiger partial charge in [-0.15, -0.1) is 0 Å². The Hall–Kier alpha value is -1.85. The summed E-state index contributed by atoms with van der Waals surface area (Å²) in [7, 11) is 1.60. The number of nitrogens with two attached hydrogens (primary N) is 1. The number of carbonyl (C=O) groups is 1. The SMILES string of the molecule is COC[C@@](O)(CCC(C)=C(C)C)[C@H]1Cc2cc(C(N)=O)ccc2N1. The summed E-state index contributed by atoms with van der Waals surface area (Å²) in [6.07, 6.45) is 2.08. The molecule has 1 aromatic rings. The van der Waals surface area contributed by atoms with Crippen LogP contribution in [0.1, 0.15) is 49.5 Å². The van der Waals surface area contributed by atoms with Crippen molar-refractivity contribution in [3.63, 3.8) is 0 Å². The van der Waals surface area contributed by atoms with Crippen LogP contribution in [0.3, 0.4) is 0 Å². The van der Waals surface area contributed by atoms with Gasteiger partial charge in [0, 0.05) is 18.4 Å². The van der Waals surface area contributed by atoms with Crippen LogP contribution in [-0.4, -0.2) is 36.4 Å². The highest BCUT2D eigenvalue weighted by molar-refractivity contribution is 5.93. The third-order valence-electron chi connectivity index (χ3n) is 4.97. The van der Waals surface area contributed by atoms with Gasteiger partial charge in [-0.1, -0.05) is 11.1 Å². The molecule has 0 aromatic heterocycles. The monoisotopic (exact) mass is 332 g/mol. The third-order valence-corrected chi connectivity index (χ3v) is 4.97. The molecule has 0 bridgehead atoms. The lowest BCUT2D eigenvalue weighted by atomic mass is 9.86. The van der Waals surface area contributed by atoms with Crippen LogP contribution in [0.4, 0.5) is 5.69 Å². The maximum Gasteiger partial charge on any atom is 0.248 e. The van der Waals surface area contributed by atoms with E-state index in [2.05, 4.69) is 26.1 Å². The summed E-state index contributed by atoms with van der Waals surface area (Å²) in [6, 6.07) is 5.21. The Kier molecular flexibility index (Phi) is 5.67. The van der Waals surface area contributed by atoms with Crippen molar-refractivity contribution in [2.45, 2.75) is 51.7 Å². The van der Waals surface area contributed by atoms with Crippen molar-refractivity contribution in [3.8, 4) is 0 Å². The van der Waals surface area contributed by atoms with E-state index in [1.165, 1.54) is 11.1 Å². The number of fused-ring (bicyclic) bond motifs is 1. The van der Waals surface area contributed by atoms with Crippen LogP contribution >= 0.6 is 0 Å². The number of carbonyl (C=O) groups excluding carboxylic acids is 1. The van der Waals surface area contributed by atoms with E-state index in [0.29, 0.717) is 18.4 Å². The van der Waals surface area contributed by atoms with Gasteiger partial charge in [0.2, 0.25) is 5.91 Å². The maximum absolute atomic E-state index is 11.4. The largest absolute Gasteiger partial charge is 0.385 e. The number of methoxy groups -OCH3 is 1. The fourth-order valence-electron chi connectivity index (χ4n) is 3.09. The zero-order valence-electron chi connectivity index (χ0n) is 15.0. The van der Waals surface area contributed by atoms with Gasteiger partial charge in [-0.25, -0.2) is 0 Å². The smallest absolute Gasteiger partial charge is 0.248 e. The molecule has 0 spiro atoms. The van der Waals surface area contributed by atoms with Gasteiger partial charge in [-0.3, -0.25) is 4.79 Å². The van der Waals surface area contributed by atoms with Crippen molar-refractivity contribution < 1.29 is 14.6 Å². The zero-order chi connectivity index (χ0) is 17.9. The Morgan fingerprint density at radius 1 is 1.42 bits per heavy atom. The Morgan fingerprint density at radius 3 is 2.71 bits per heavy atom. The number of allylic oxidation sites excluding steroid dienone is 2. The molecule has 4 N–H and O–H groups in total. The van der Waals surface area contributed by atoms with Crippen molar-refractivity contribution in [1.29, 1.82) is 0 Å². The highest BCUT2D eigenvalue weighted by Gasteiger charge is 2.40. The van der Waals surface area contributed by atoms with Gasteiger partial charge < -0.3 is 20.9 Å². The van der Waals surface area contributed by atoms with Crippen molar-refractivity contribution in [2.24, 2.45) is 5.73 Å². The zero-order valence-corrected chi connectivity index (χ0v) is 15.0. The molecule has 0 unspecified atom stereocenters. The van der Waals surface area contributed by atoms with E-state index >= 15 is 0 Å². The van der Waals surface area contributed by atoms with E-state index < -0.39 is 11.5 Å². The highest BCUT2D eigenvalue weighted by Crippen LogP contribution is 2.34. The number of primary amides is 1. The predicted octanol–water partition coefficient (Wildman–Crippen LogP) is 2.64. The summed E-state index contributed by atoms with van der Waals surface area (Å²) in [4.78, 5) is 11.4. The second-order valence-corrected chi connectivity index (χ2v) is 6.95. The average molecular weight is 332 g/mol. The molecule has 1 aliphatic rings. The van der Waals surface area contributed by atoms with Crippen molar-refractivity contribution in [3.05, 3.63) is 40.5 Å².